The highest BCUT2D eigenvalue weighted by atomic mass is 31.2. The normalized spacial score (nSPS) is 10.9. The fourth-order valence-electron chi connectivity index (χ4n) is 3.78. The van der Waals surface area contributed by atoms with E-state index in [0.717, 1.165) is 21.2 Å². The van der Waals surface area contributed by atoms with E-state index >= 15 is 0 Å². The SMILES string of the molecule is O=[N+]([O-])c1ccc(P(CP(c2ccc([N+](=O)[O-])cc2)c2ccc([N+](=O)[O-])cc2)c2ccc([N+](=O)[O-])cc2)cc1. The summed E-state index contributed by atoms with van der Waals surface area (Å²) in [5, 5.41) is 48.0. The van der Waals surface area contributed by atoms with Crippen molar-refractivity contribution in [3.8, 4) is 0 Å². The van der Waals surface area contributed by atoms with Gasteiger partial charge in [-0.25, -0.2) is 0 Å². The number of hydrogen-bond acceptors (Lipinski definition) is 8. The Kier molecular flexibility index (Phi) is 8.29. The zero-order chi connectivity index (χ0) is 28.1. The van der Waals surface area contributed by atoms with Crippen molar-refractivity contribution in [2.75, 3.05) is 5.90 Å². The van der Waals surface area contributed by atoms with Gasteiger partial charge in [-0.1, -0.05) is 0 Å². The van der Waals surface area contributed by atoms with Crippen molar-refractivity contribution < 1.29 is 19.7 Å². The van der Waals surface area contributed by atoms with Gasteiger partial charge < -0.3 is 0 Å². The number of nitrogens with zero attached hydrogens (tertiary/aromatic N) is 4. The summed E-state index contributed by atoms with van der Waals surface area (Å²) in [6.07, 6.45) is 0. The number of rotatable bonds is 10. The lowest BCUT2D eigenvalue weighted by atomic mass is 10.3. The van der Waals surface area contributed by atoms with Crippen molar-refractivity contribution in [1.82, 2.24) is 0 Å². The highest BCUT2D eigenvalue weighted by Gasteiger charge is 2.25. The summed E-state index contributed by atoms with van der Waals surface area (Å²) in [4.78, 5) is 42.8. The van der Waals surface area contributed by atoms with E-state index in [9.17, 15) is 40.5 Å². The molecule has 0 aliphatic carbocycles. The van der Waals surface area contributed by atoms with E-state index in [4.69, 9.17) is 0 Å². The van der Waals surface area contributed by atoms with Crippen LogP contribution in [0, 0.1) is 40.5 Å². The second-order valence-electron chi connectivity index (χ2n) is 8.09. The Morgan fingerprint density at radius 2 is 0.564 bits per heavy atom. The van der Waals surface area contributed by atoms with Crippen LogP contribution in [0.3, 0.4) is 0 Å². The number of hydrogen-bond donors (Lipinski definition) is 0. The summed E-state index contributed by atoms with van der Waals surface area (Å²) in [6, 6.07) is 24.4. The summed E-state index contributed by atoms with van der Waals surface area (Å²) in [5.74, 6) is 0.482. The van der Waals surface area contributed by atoms with Crippen molar-refractivity contribution in [2.45, 2.75) is 0 Å². The molecule has 0 heterocycles. The van der Waals surface area contributed by atoms with Crippen molar-refractivity contribution >= 4 is 59.8 Å². The molecule has 12 nitrogen and oxygen atoms in total. The van der Waals surface area contributed by atoms with Crippen LogP contribution in [0.25, 0.3) is 0 Å². The van der Waals surface area contributed by atoms with E-state index in [-0.39, 0.29) is 22.7 Å². The van der Waals surface area contributed by atoms with E-state index in [2.05, 4.69) is 0 Å². The fraction of sp³-hybridized carbons (Fsp3) is 0.0400. The molecule has 0 spiro atoms. The van der Waals surface area contributed by atoms with Gasteiger partial charge in [0.05, 0.1) is 19.7 Å². The van der Waals surface area contributed by atoms with Gasteiger partial charge in [-0.05, 0) is 85.6 Å². The molecule has 4 rings (SSSR count). The average Bonchev–Trinajstić information content (AvgIpc) is 2.94. The maximum absolute atomic E-state index is 11.2. The lowest BCUT2D eigenvalue weighted by molar-refractivity contribution is -0.385. The highest BCUT2D eigenvalue weighted by Crippen LogP contribution is 2.49. The Labute approximate surface area is 223 Å². The quantitative estimate of drug-likeness (QED) is 0.149. The Morgan fingerprint density at radius 1 is 0.385 bits per heavy atom. The molecule has 0 amide bonds. The predicted octanol–water partition coefficient (Wildman–Crippen LogP) is 4.84. The zero-order valence-corrected chi connectivity index (χ0v) is 21.7. The standard InChI is InChI=1S/C25H18N4O8P2/c30-26(31)18-1-9-22(10-2-18)38(23-11-3-19(4-12-23)27(32)33)17-39(24-13-5-20(6-14-24)28(34)35)25-15-7-21(8-16-25)29(36)37/h1-16H,17H2. The van der Waals surface area contributed by atoms with Gasteiger partial charge in [-0.2, -0.15) is 0 Å². The van der Waals surface area contributed by atoms with Crippen LogP contribution in [0.1, 0.15) is 0 Å². The average molecular weight is 564 g/mol. The van der Waals surface area contributed by atoms with Crippen LogP contribution in [0.5, 0.6) is 0 Å². The van der Waals surface area contributed by atoms with E-state index in [1.54, 1.807) is 48.5 Å². The van der Waals surface area contributed by atoms with E-state index in [0.29, 0.717) is 5.90 Å². The van der Waals surface area contributed by atoms with Crippen molar-refractivity contribution in [3.05, 3.63) is 138 Å². The monoisotopic (exact) mass is 564 g/mol. The third kappa shape index (κ3) is 6.43. The minimum atomic E-state index is -1.23. The largest absolute Gasteiger partial charge is 0.269 e. The molecule has 0 unspecified atom stereocenters. The van der Waals surface area contributed by atoms with E-state index in [1.165, 1.54) is 48.5 Å². The fourth-order valence-corrected chi connectivity index (χ4v) is 10.2. The van der Waals surface area contributed by atoms with Crippen LogP contribution in [-0.4, -0.2) is 25.6 Å². The van der Waals surface area contributed by atoms with Crippen molar-refractivity contribution in [2.24, 2.45) is 0 Å². The maximum atomic E-state index is 11.2. The number of benzene rings is 4. The smallest absolute Gasteiger partial charge is 0.258 e. The molecule has 0 aliphatic heterocycles. The Balaban J connectivity index is 1.82. The third-order valence-electron chi connectivity index (χ3n) is 5.77. The minimum Gasteiger partial charge on any atom is -0.258 e. The van der Waals surface area contributed by atoms with Gasteiger partial charge in [0, 0.05) is 54.4 Å². The zero-order valence-electron chi connectivity index (χ0n) is 19.9. The molecule has 0 radical (unpaired) electrons. The van der Waals surface area contributed by atoms with Gasteiger partial charge in [0.2, 0.25) is 0 Å². The molecule has 0 N–H and O–H groups in total. The Morgan fingerprint density at radius 3 is 0.718 bits per heavy atom. The van der Waals surface area contributed by atoms with Gasteiger partial charge in [-0.3, -0.25) is 40.5 Å². The summed E-state index contributed by atoms with van der Waals surface area (Å²) in [5.41, 5.74) is -0.313. The minimum absolute atomic E-state index is 0.0783. The van der Waals surface area contributed by atoms with Gasteiger partial charge in [-0.15, -0.1) is 0 Å². The third-order valence-corrected chi connectivity index (χ3v) is 11.7. The highest BCUT2D eigenvalue weighted by molar-refractivity contribution is 7.88. The molecule has 4 aromatic rings. The van der Waals surface area contributed by atoms with Gasteiger partial charge in [0.15, 0.2) is 0 Å². The van der Waals surface area contributed by atoms with Crippen LogP contribution in [0.15, 0.2) is 97.1 Å². The molecule has 39 heavy (non-hydrogen) atoms. The number of non-ortho nitro benzene ring substituents is 4. The van der Waals surface area contributed by atoms with Crippen LogP contribution in [0.2, 0.25) is 0 Å². The molecule has 0 saturated heterocycles. The molecule has 0 saturated carbocycles. The van der Waals surface area contributed by atoms with Crippen molar-refractivity contribution in [3.63, 3.8) is 0 Å². The number of nitro groups is 4. The Hall–Kier alpha value is -4.66. The predicted molar refractivity (Wildman–Crippen MR) is 150 cm³/mol. The summed E-state index contributed by atoms with van der Waals surface area (Å²) in [7, 11) is -2.45. The van der Waals surface area contributed by atoms with Gasteiger partial charge >= 0.3 is 0 Å². The second-order valence-corrected chi connectivity index (χ2v) is 13.0. The molecular weight excluding hydrogens is 546 g/mol. The summed E-state index contributed by atoms with van der Waals surface area (Å²) >= 11 is 0. The molecule has 0 atom stereocenters. The number of nitro benzene ring substituents is 4. The summed E-state index contributed by atoms with van der Waals surface area (Å²) < 4.78 is 0. The molecule has 14 heteroatoms. The van der Waals surface area contributed by atoms with Crippen LogP contribution < -0.4 is 21.2 Å². The molecule has 0 bridgehead atoms. The molecule has 4 aromatic carbocycles. The molecule has 0 aromatic heterocycles. The van der Waals surface area contributed by atoms with Gasteiger partial charge in [0.1, 0.15) is 0 Å². The Bertz CT molecular complexity index is 1300. The second kappa shape index (κ2) is 11.8. The van der Waals surface area contributed by atoms with Crippen LogP contribution >= 0.6 is 15.8 Å². The van der Waals surface area contributed by atoms with Crippen molar-refractivity contribution in [1.29, 1.82) is 0 Å². The maximum Gasteiger partial charge on any atom is 0.269 e. The van der Waals surface area contributed by atoms with E-state index in [1.807, 2.05) is 0 Å². The summed E-state index contributed by atoms with van der Waals surface area (Å²) in [6.45, 7) is 0. The van der Waals surface area contributed by atoms with Crippen LogP contribution in [0.4, 0.5) is 22.7 Å². The molecular formula is C25H18N4O8P2. The lowest BCUT2D eigenvalue weighted by Crippen LogP contribution is -2.20. The first kappa shape index (κ1) is 27.4. The topological polar surface area (TPSA) is 173 Å². The molecule has 0 aliphatic rings. The first-order valence-electron chi connectivity index (χ1n) is 11.2. The molecule has 0 fully saturated rings. The van der Waals surface area contributed by atoms with Crippen LogP contribution in [-0.2, 0) is 0 Å². The molecule has 196 valence electrons. The van der Waals surface area contributed by atoms with E-state index < -0.39 is 35.5 Å². The van der Waals surface area contributed by atoms with Gasteiger partial charge in [0.25, 0.3) is 22.7 Å². The first-order chi connectivity index (χ1) is 18.6. The first-order valence-corrected chi connectivity index (χ1v) is 14.2. The lowest BCUT2D eigenvalue weighted by Gasteiger charge is -2.26.